The monoisotopic (exact) mass is 394 g/mol. The molecule has 2 fully saturated rings. The largest absolute Gasteiger partial charge is 0.494 e. The fraction of sp³-hybridized carbons (Fsp3) is 0.739. The molecular formula is C23H36F2OSi. The number of methoxy groups -OCH3 is 1. The van der Waals surface area contributed by atoms with E-state index in [1.807, 2.05) is 0 Å². The standard InChI is InChI=1S/C23H36F2OSi/c1-3-4-16-5-9-18(10-6-16)19-11-7-17(8-12-19)15-27-21-14-13-20(26-2)22(24)23(21)25/h13-14,16-19H,3-12,15,27H2,1-2H3/t16-,17-,18-,19-. The molecule has 0 heterocycles. The van der Waals surface area contributed by atoms with E-state index in [1.165, 1.54) is 71.3 Å². The van der Waals surface area contributed by atoms with Crippen LogP contribution in [0.3, 0.4) is 0 Å². The van der Waals surface area contributed by atoms with Crippen LogP contribution in [0.4, 0.5) is 8.78 Å². The normalized spacial score (nSPS) is 29.3. The van der Waals surface area contributed by atoms with Crippen LogP contribution in [0.15, 0.2) is 12.1 Å². The van der Waals surface area contributed by atoms with Gasteiger partial charge in [-0.2, -0.15) is 4.39 Å². The first-order chi connectivity index (χ1) is 13.1. The Morgan fingerprint density at radius 2 is 1.48 bits per heavy atom. The summed E-state index contributed by atoms with van der Waals surface area (Å²) in [6, 6.07) is 4.43. The summed E-state index contributed by atoms with van der Waals surface area (Å²) >= 11 is 0. The molecule has 0 bridgehead atoms. The van der Waals surface area contributed by atoms with E-state index < -0.39 is 21.2 Å². The van der Waals surface area contributed by atoms with Gasteiger partial charge in [-0.3, -0.25) is 0 Å². The van der Waals surface area contributed by atoms with Crippen molar-refractivity contribution in [2.45, 2.75) is 77.2 Å². The van der Waals surface area contributed by atoms with Crippen molar-refractivity contribution in [1.82, 2.24) is 0 Å². The van der Waals surface area contributed by atoms with Crippen LogP contribution < -0.4 is 9.92 Å². The summed E-state index contributed by atoms with van der Waals surface area (Å²) in [7, 11) is 0.625. The predicted octanol–water partition coefficient (Wildman–Crippen LogP) is 5.60. The Balaban J connectivity index is 1.42. The maximum atomic E-state index is 14.2. The number of benzene rings is 1. The van der Waals surface area contributed by atoms with Crippen molar-refractivity contribution < 1.29 is 13.5 Å². The third kappa shape index (κ3) is 5.33. The van der Waals surface area contributed by atoms with Crippen LogP contribution >= 0.6 is 0 Å². The zero-order valence-electron chi connectivity index (χ0n) is 17.1. The summed E-state index contributed by atoms with van der Waals surface area (Å²) < 4.78 is 32.9. The highest BCUT2D eigenvalue weighted by atomic mass is 28.2. The maximum Gasteiger partial charge on any atom is 0.200 e. The lowest BCUT2D eigenvalue weighted by Gasteiger charge is -2.38. The molecule has 0 radical (unpaired) electrons. The molecular weight excluding hydrogens is 358 g/mol. The smallest absolute Gasteiger partial charge is 0.200 e. The number of halogens is 2. The summed E-state index contributed by atoms with van der Waals surface area (Å²) in [4.78, 5) is 0. The highest BCUT2D eigenvalue weighted by Gasteiger charge is 2.30. The number of ether oxygens (including phenoxy) is 1. The minimum atomic E-state index is -0.815. The van der Waals surface area contributed by atoms with E-state index in [1.54, 1.807) is 12.1 Å². The van der Waals surface area contributed by atoms with E-state index in [9.17, 15) is 8.78 Å². The zero-order chi connectivity index (χ0) is 19.2. The average molecular weight is 395 g/mol. The first-order valence-corrected chi connectivity index (χ1v) is 12.8. The number of hydrogen-bond donors (Lipinski definition) is 0. The Hall–Kier alpha value is -0.903. The average Bonchev–Trinajstić information content (AvgIpc) is 2.70. The van der Waals surface area contributed by atoms with Crippen LogP contribution in [0.5, 0.6) is 5.75 Å². The summed E-state index contributed by atoms with van der Waals surface area (Å²) in [5.41, 5.74) is 0. The Morgan fingerprint density at radius 3 is 2.04 bits per heavy atom. The molecule has 152 valence electrons. The summed E-state index contributed by atoms with van der Waals surface area (Å²) in [6.07, 6.45) is 13.9. The Kier molecular flexibility index (Phi) is 7.74. The molecule has 0 N–H and O–H groups in total. The van der Waals surface area contributed by atoms with E-state index in [-0.39, 0.29) is 5.75 Å². The van der Waals surface area contributed by atoms with Crippen LogP contribution in [0.1, 0.15) is 71.1 Å². The van der Waals surface area contributed by atoms with Crippen molar-refractivity contribution in [2.24, 2.45) is 23.7 Å². The predicted molar refractivity (Wildman–Crippen MR) is 112 cm³/mol. The van der Waals surface area contributed by atoms with Gasteiger partial charge in [0.25, 0.3) is 0 Å². The molecule has 1 nitrogen and oxygen atoms in total. The summed E-state index contributed by atoms with van der Waals surface area (Å²) in [5, 5.41) is 0.629. The van der Waals surface area contributed by atoms with E-state index in [0.29, 0.717) is 5.19 Å². The molecule has 0 unspecified atom stereocenters. The fourth-order valence-electron chi connectivity index (χ4n) is 5.59. The van der Waals surface area contributed by atoms with Gasteiger partial charge >= 0.3 is 0 Å². The van der Waals surface area contributed by atoms with Crippen LogP contribution in [-0.2, 0) is 0 Å². The van der Waals surface area contributed by atoms with E-state index in [0.717, 1.165) is 29.7 Å². The highest BCUT2D eigenvalue weighted by molar-refractivity contribution is 6.53. The van der Waals surface area contributed by atoms with Gasteiger partial charge in [-0.05, 0) is 60.6 Å². The van der Waals surface area contributed by atoms with E-state index in [2.05, 4.69) is 6.92 Å². The van der Waals surface area contributed by atoms with Crippen molar-refractivity contribution in [3.05, 3.63) is 23.8 Å². The third-order valence-corrected chi connectivity index (χ3v) is 9.51. The first-order valence-electron chi connectivity index (χ1n) is 11.1. The SMILES string of the molecule is CCC[C@H]1CC[C@H]([C@H]2CC[C@H](C[SiH2]c3ccc(OC)c(F)c3F)CC2)CC1. The van der Waals surface area contributed by atoms with Gasteiger partial charge in [-0.25, -0.2) is 4.39 Å². The van der Waals surface area contributed by atoms with Crippen molar-refractivity contribution in [1.29, 1.82) is 0 Å². The maximum absolute atomic E-state index is 14.2. The van der Waals surface area contributed by atoms with Gasteiger partial charge in [0.15, 0.2) is 17.4 Å². The molecule has 1 aromatic rings. The van der Waals surface area contributed by atoms with Gasteiger partial charge in [-0.1, -0.05) is 57.6 Å². The van der Waals surface area contributed by atoms with Gasteiger partial charge in [0.05, 0.1) is 16.6 Å². The lowest BCUT2D eigenvalue weighted by Crippen LogP contribution is -2.28. The fourth-order valence-corrected chi connectivity index (χ4v) is 7.54. The molecule has 0 atom stereocenters. The molecule has 4 heteroatoms. The Labute approximate surface area is 166 Å². The lowest BCUT2D eigenvalue weighted by atomic mass is 9.69. The van der Waals surface area contributed by atoms with Gasteiger partial charge in [0, 0.05) is 0 Å². The molecule has 0 spiro atoms. The molecule has 27 heavy (non-hydrogen) atoms. The van der Waals surface area contributed by atoms with E-state index in [4.69, 9.17) is 4.74 Å². The number of rotatable bonds is 7. The quantitative estimate of drug-likeness (QED) is 0.547. The first kappa shape index (κ1) is 20.8. The van der Waals surface area contributed by atoms with Gasteiger partial charge in [0.2, 0.25) is 0 Å². The molecule has 0 amide bonds. The van der Waals surface area contributed by atoms with Crippen LogP contribution in [0, 0.1) is 35.3 Å². The molecule has 0 aromatic heterocycles. The van der Waals surface area contributed by atoms with E-state index >= 15 is 0 Å². The minimum Gasteiger partial charge on any atom is -0.494 e. The Bertz CT molecular complexity index is 590. The minimum absolute atomic E-state index is 0.0133. The second-order valence-electron chi connectivity index (χ2n) is 8.94. The zero-order valence-corrected chi connectivity index (χ0v) is 18.5. The number of hydrogen-bond acceptors (Lipinski definition) is 1. The topological polar surface area (TPSA) is 9.23 Å². The highest BCUT2D eigenvalue weighted by Crippen LogP contribution is 2.42. The second-order valence-corrected chi connectivity index (χ2v) is 10.8. The molecule has 1 aromatic carbocycles. The van der Waals surface area contributed by atoms with Crippen molar-refractivity contribution in [2.75, 3.05) is 7.11 Å². The molecule has 0 saturated heterocycles. The van der Waals surface area contributed by atoms with Crippen LogP contribution in [0.2, 0.25) is 6.04 Å². The summed E-state index contributed by atoms with van der Waals surface area (Å²) in [5.74, 6) is 2.15. The Morgan fingerprint density at radius 1 is 0.889 bits per heavy atom. The van der Waals surface area contributed by atoms with Crippen LogP contribution in [-0.4, -0.2) is 16.6 Å². The lowest BCUT2D eigenvalue weighted by molar-refractivity contribution is 0.147. The van der Waals surface area contributed by atoms with Crippen molar-refractivity contribution >= 4 is 14.7 Å². The van der Waals surface area contributed by atoms with Gasteiger partial charge < -0.3 is 4.74 Å². The molecule has 3 rings (SSSR count). The molecule has 2 aliphatic rings. The molecule has 2 aliphatic carbocycles. The second kappa shape index (κ2) is 10.0. The van der Waals surface area contributed by atoms with Crippen molar-refractivity contribution in [3.8, 4) is 5.75 Å². The molecule has 2 saturated carbocycles. The third-order valence-electron chi connectivity index (χ3n) is 7.32. The van der Waals surface area contributed by atoms with Gasteiger partial charge in [0.1, 0.15) is 0 Å². The van der Waals surface area contributed by atoms with Crippen LogP contribution in [0.25, 0.3) is 0 Å². The van der Waals surface area contributed by atoms with Gasteiger partial charge in [-0.15, -0.1) is 0 Å². The molecule has 0 aliphatic heterocycles. The summed E-state index contributed by atoms with van der Waals surface area (Å²) in [6.45, 7) is 2.31. The van der Waals surface area contributed by atoms with Crippen molar-refractivity contribution in [3.63, 3.8) is 0 Å².